The predicted molar refractivity (Wildman–Crippen MR) is 117 cm³/mol. The topological polar surface area (TPSA) is 103 Å². The first kappa shape index (κ1) is 20.2. The molecule has 2 heterocycles. The number of fused-ring (bicyclic) bond motifs is 2. The summed E-state index contributed by atoms with van der Waals surface area (Å²) in [4.78, 5) is 16.6. The van der Waals surface area contributed by atoms with Crippen molar-refractivity contribution in [2.45, 2.75) is 64.1 Å². The molecule has 31 heavy (non-hydrogen) atoms. The van der Waals surface area contributed by atoms with E-state index in [2.05, 4.69) is 11.1 Å². The van der Waals surface area contributed by atoms with E-state index in [1.807, 2.05) is 16.9 Å². The van der Waals surface area contributed by atoms with Crippen molar-refractivity contribution >= 4 is 17.4 Å². The molecule has 0 unspecified atom stereocenters. The van der Waals surface area contributed by atoms with Crippen LogP contribution in [0, 0.1) is 0 Å². The van der Waals surface area contributed by atoms with Gasteiger partial charge in [0.25, 0.3) is 0 Å². The van der Waals surface area contributed by atoms with Crippen molar-refractivity contribution < 1.29 is 14.6 Å². The minimum Gasteiger partial charge on any atom is -0.434 e. The van der Waals surface area contributed by atoms with Crippen LogP contribution in [0.5, 0.6) is 0 Å². The van der Waals surface area contributed by atoms with Crippen molar-refractivity contribution in [3.63, 3.8) is 0 Å². The van der Waals surface area contributed by atoms with Gasteiger partial charge in [-0.15, -0.1) is 11.3 Å². The van der Waals surface area contributed by atoms with E-state index in [1.165, 1.54) is 52.1 Å². The standard InChI is InChI=1S/C23H26N4O3S/c1-23(2,29)21-25-12-18(31-21)20(30-22(24)28)17-9-10-27(26-17)19-15-7-3-5-13(15)11-14-6-4-8-16(14)19/h9-12,20,29H,3-8H2,1-2H3,(H2,24,28)/t20-/m0/s1. The van der Waals surface area contributed by atoms with Crippen LogP contribution in [-0.4, -0.2) is 26.0 Å². The molecule has 7 nitrogen and oxygen atoms in total. The molecule has 1 aromatic carbocycles. The van der Waals surface area contributed by atoms with E-state index in [-0.39, 0.29) is 0 Å². The van der Waals surface area contributed by atoms with E-state index < -0.39 is 17.8 Å². The van der Waals surface area contributed by atoms with Crippen LogP contribution in [0.2, 0.25) is 0 Å². The fourth-order valence-electron chi connectivity index (χ4n) is 4.74. The molecule has 0 bridgehead atoms. The Balaban J connectivity index is 1.56. The lowest BCUT2D eigenvalue weighted by Crippen LogP contribution is -2.18. The number of hydrogen-bond acceptors (Lipinski definition) is 6. The van der Waals surface area contributed by atoms with Gasteiger partial charge < -0.3 is 15.6 Å². The molecule has 1 atom stereocenters. The lowest BCUT2D eigenvalue weighted by Gasteiger charge is -2.16. The number of primary amides is 1. The summed E-state index contributed by atoms with van der Waals surface area (Å²) in [6.07, 6.45) is 8.64. The van der Waals surface area contributed by atoms with Crippen LogP contribution >= 0.6 is 11.3 Å². The van der Waals surface area contributed by atoms with Gasteiger partial charge in [0, 0.05) is 12.4 Å². The zero-order valence-electron chi connectivity index (χ0n) is 17.7. The van der Waals surface area contributed by atoms with Crippen molar-refractivity contribution in [1.82, 2.24) is 14.8 Å². The van der Waals surface area contributed by atoms with Crippen molar-refractivity contribution in [3.05, 3.63) is 62.4 Å². The van der Waals surface area contributed by atoms with Crippen molar-refractivity contribution in [2.24, 2.45) is 5.73 Å². The van der Waals surface area contributed by atoms with Crippen LogP contribution in [0.3, 0.4) is 0 Å². The first-order valence-electron chi connectivity index (χ1n) is 10.7. The van der Waals surface area contributed by atoms with Crippen molar-refractivity contribution in [3.8, 4) is 5.69 Å². The molecule has 3 N–H and O–H groups in total. The van der Waals surface area contributed by atoms with E-state index in [0.717, 1.165) is 25.7 Å². The molecule has 1 amide bonds. The fraction of sp³-hybridized carbons (Fsp3) is 0.435. The SMILES string of the molecule is CC(C)(O)c1ncc([C@@H](OC(N)=O)c2ccn(-c3c4c(cc5c3CCC5)CCC4)n2)s1. The number of thiazole rings is 1. The van der Waals surface area contributed by atoms with Crippen LogP contribution in [-0.2, 0) is 36.0 Å². The summed E-state index contributed by atoms with van der Waals surface area (Å²) in [7, 11) is 0. The Morgan fingerprint density at radius 1 is 1.23 bits per heavy atom. The van der Waals surface area contributed by atoms with Gasteiger partial charge in [-0.3, -0.25) is 0 Å². The van der Waals surface area contributed by atoms with Crippen LogP contribution in [0.1, 0.15) is 70.6 Å². The lowest BCUT2D eigenvalue weighted by atomic mass is 9.99. The summed E-state index contributed by atoms with van der Waals surface area (Å²) in [6, 6.07) is 4.26. The summed E-state index contributed by atoms with van der Waals surface area (Å²) in [5.74, 6) is 0. The van der Waals surface area contributed by atoms with Crippen LogP contribution in [0.15, 0.2) is 24.5 Å². The third-order valence-corrected chi connectivity index (χ3v) is 7.44. The van der Waals surface area contributed by atoms with Gasteiger partial charge in [-0.25, -0.2) is 14.5 Å². The number of nitrogens with zero attached hydrogens (tertiary/aromatic N) is 3. The maximum Gasteiger partial charge on any atom is 0.405 e. The number of nitrogens with two attached hydrogens (primary N) is 1. The van der Waals surface area contributed by atoms with Crippen molar-refractivity contribution in [2.75, 3.05) is 0 Å². The van der Waals surface area contributed by atoms with Gasteiger partial charge in [0.05, 0.1) is 10.6 Å². The normalized spacial score (nSPS) is 16.2. The number of aryl methyl sites for hydroxylation is 2. The van der Waals surface area contributed by atoms with Crippen LogP contribution < -0.4 is 5.73 Å². The second-order valence-corrected chi connectivity index (χ2v) is 9.90. The highest BCUT2D eigenvalue weighted by molar-refractivity contribution is 7.11. The highest BCUT2D eigenvalue weighted by atomic mass is 32.1. The zero-order valence-corrected chi connectivity index (χ0v) is 18.5. The minimum atomic E-state index is -1.08. The lowest BCUT2D eigenvalue weighted by molar-refractivity contribution is 0.0783. The van der Waals surface area contributed by atoms with Gasteiger partial charge >= 0.3 is 6.09 Å². The third kappa shape index (κ3) is 3.64. The number of ether oxygens (including phenoxy) is 1. The minimum absolute atomic E-state index is 0.540. The molecule has 162 valence electrons. The van der Waals surface area contributed by atoms with Gasteiger partial charge in [-0.05, 0) is 80.7 Å². The molecule has 0 fully saturated rings. The Kier molecular flexibility index (Phi) is 4.86. The number of aromatic nitrogens is 3. The Morgan fingerprint density at radius 3 is 2.48 bits per heavy atom. The van der Waals surface area contributed by atoms with Crippen molar-refractivity contribution in [1.29, 1.82) is 0 Å². The smallest absolute Gasteiger partial charge is 0.405 e. The Morgan fingerprint density at radius 2 is 1.90 bits per heavy atom. The monoisotopic (exact) mass is 438 g/mol. The van der Waals surface area contributed by atoms with Gasteiger partial charge in [-0.1, -0.05) is 6.07 Å². The third-order valence-electron chi connectivity index (χ3n) is 6.09. The molecule has 8 heteroatoms. The number of carbonyl (C=O) groups excluding carboxylic acids is 1. The number of carbonyl (C=O) groups is 1. The van der Waals surface area contributed by atoms with Crippen LogP contribution in [0.4, 0.5) is 4.79 Å². The first-order valence-corrected chi connectivity index (χ1v) is 11.5. The first-order chi connectivity index (χ1) is 14.8. The summed E-state index contributed by atoms with van der Waals surface area (Å²) in [6.45, 7) is 3.34. The molecular formula is C23H26N4O3S. The summed E-state index contributed by atoms with van der Waals surface area (Å²) >= 11 is 1.29. The summed E-state index contributed by atoms with van der Waals surface area (Å²) < 4.78 is 7.38. The maximum atomic E-state index is 11.6. The molecule has 2 aliphatic rings. The molecule has 0 aliphatic heterocycles. The molecule has 0 saturated carbocycles. The Labute approximate surface area is 184 Å². The molecule has 0 radical (unpaired) electrons. The summed E-state index contributed by atoms with van der Waals surface area (Å²) in [5.41, 5.74) is 11.7. The van der Waals surface area contributed by atoms with E-state index in [4.69, 9.17) is 15.6 Å². The van der Waals surface area contributed by atoms with Gasteiger partial charge in [0.2, 0.25) is 0 Å². The average molecular weight is 439 g/mol. The van der Waals surface area contributed by atoms with E-state index >= 15 is 0 Å². The molecule has 2 aromatic heterocycles. The number of rotatable bonds is 5. The van der Waals surface area contributed by atoms with E-state index in [0.29, 0.717) is 15.6 Å². The van der Waals surface area contributed by atoms with E-state index in [1.54, 1.807) is 20.0 Å². The van der Waals surface area contributed by atoms with E-state index in [9.17, 15) is 9.90 Å². The largest absolute Gasteiger partial charge is 0.434 e. The number of amides is 1. The molecule has 0 spiro atoms. The predicted octanol–water partition coefficient (Wildman–Crippen LogP) is 3.72. The Hall–Kier alpha value is -2.71. The highest BCUT2D eigenvalue weighted by Crippen LogP contribution is 2.38. The molecular weight excluding hydrogens is 412 g/mol. The second kappa shape index (κ2) is 7.46. The van der Waals surface area contributed by atoms with Gasteiger partial charge in [-0.2, -0.15) is 5.10 Å². The zero-order chi connectivity index (χ0) is 21.8. The molecule has 0 saturated heterocycles. The average Bonchev–Trinajstić information content (AvgIpc) is 3.50. The molecule has 3 aromatic rings. The number of aliphatic hydroxyl groups is 1. The Bertz CT molecular complexity index is 1130. The fourth-order valence-corrected chi connectivity index (χ4v) is 5.70. The highest BCUT2D eigenvalue weighted by Gasteiger charge is 2.29. The quantitative estimate of drug-likeness (QED) is 0.632. The maximum absolute atomic E-state index is 11.6. The van der Waals surface area contributed by atoms with Gasteiger partial charge in [0.15, 0.2) is 6.10 Å². The number of benzene rings is 1. The number of hydrogen-bond donors (Lipinski definition) is 2. The van der Waals surface area contributed by atoms with Crippen LogP contribution in [0.25, 0.3) is 5.69 Å². The van der Waals surface area contributed by atoms with Gasteiger partial charge in [0.1, 0.15) is 16.3 Å². The molecule has 2 aliphatic carbocycles. The summed E-state index contributed by atoms with van der Waals surface area (Å²) in [5, 5.41) is 15.6. The second-order valence-electron chi connectivity index (χ2n) is 8.84. The molecule has 5 rings (SSSR count).